The lowest BCUT2D eigenvalue weighted by Crippen LogP contribution is -2.42. The van der Waals surface area contributed by atoms with Crippen LogP contribution in [-0.4, -0.2) is 40.1 Å². The van der Waals surface area contributed by atoms with E-state index in [9.17, 15) is 4.79 Å². The largest absolute Gasteiger partial charge is 0.339 e. The highest BCUT2D eigenvalue weighted by atomic mass is 16.2. The highest BCUT2D eigenvalue weighted by Gasteiger charge is 2.21. The first-order valence-electron chi connectivity index (χ1n) is 8.97. The van der Waals surface area contributed by atoms with Crippen LogP contribution in [0, 0.1) is 0 Å². The minimum absolute atomic E-state index is 0.0886. The number of carbonyl (C=O) groups is 1. The lowest BCUT2D eigenvalue weighted by Gasteiger charge is -2.30. The second kappa shape index (κ2) is 7.14. The van der Waals surface area contributed by atoms with Crippen molar-refractivity contribution in [3.8, 4) is 0 Å². The van der Waals surface area contributed by atoms with Gasteiger partial charge in [-0.25, -0.2) is 0 Å². The van der Waals surface area contributed by atoms with Crippen molar-refractivity contribution in [2.75, 3.05) is 13.1 Å². The molecule has 3 aromatic rings. The molecular weight excluding hydrogens is 324 g/mol. The van der Waals surface area contributed by atoms with Gasteiger partial charge in [-0.3, -0.25) is 9.89 Å². The van der Waals surface area contributed by atoms with Gasteiger partial charge in [0.2, 0.25) is 0 Å². The smallest absolute Gasteiger partial charge is 0.253 e. The second-order valence-electron chi connectivity index (χ2n) is 6.74. The molecule has 26 heavy (non-hydrogen) atoms. The Morgan fingerprint density at radius 1 is 1.08 bits per heavy atom. The van der Waals surface area contributed by atoms with Crippen LogP contribution in [0.1, 0.15) is 34.5 Å². The third-order valence-electron chi connectivity index (χ3n) is 4.92. The van der Waals surface area contributed by atoms with Crippen molar-refractivity contribution >= 4 is 29.0 Å². The van der Waals surface area contributed by atoms with Crippen molar-refractivity contribution in [3.63, 3.8) is 0 Å². The van der Waals surface area contributed by atoms with Crippen LogP contribution in [0.4, 0.5) is 0 Å². The summed E-state index contributed by atoms with van der Waals surface area (Å²) < 4.78 is 0. The van der Waals surface area contributed by atoms with Crippen molar-refractivity contribution in [2.45, 2.75) is 18.9 Å². The van der Waals surface area contributed by atoms with Crippen LogP contribution in [0.2, 0.25) is 0 Å². The minimum Gasteiger partial charge on any atom is -0.339 e. The molecule has 0 unspecified atom stereocenters. The summed E-state index contributed by atoms with van der Waals surface area (Å²) in [7, 11) is 0. The van der Waals surface area contributed by atoms with Gasteiger partial charge in [0.1, 0.15) is 0 Å². The standard InChI is InChI=1S/C21H22N4O/c22-17-11-13-25(14-12-17)21(26)16-8-5-15(6-9-16)7-10-20-18-3-1-2-4-19(18)23-24-20/h1-10,17H,11-14,22H2,(H,23,24)/b10-7+. The number of nitrogens with zero attached hydrogens (tertiary/aromatic N) is 2. The Hall–Kier alpha value is -2.92. The number of nitrogens with one attached hydrogen (secondary N) is 1. The van der Waals surface area contributed by atoms with Gasteiger partial charge in [-0.2, -0.15) is 5.10 Å². The number of hydrogen-bond acceptors (Lipinski definition) is 3. The fraction of sp³-hybridized carbons (Fsp3) is 0.238. The number of nitrogens with two attached hydrogens (primary N) is 1. The topological polar surface area (TPSA) is 75.0 Å². The van der Waals surface area contributed by atoms with Crippen molar-refractivity contribution in [2.24, 2.45) is 5.73 Å². The van der Waals surface area contributed by atoms with E-state index in [-0.39, 0.29) is 11.9 Å². The molecule has 5 nitrogen and oxygen atoms in total. The number of carbonyl (C=O) groups excluding carboxylic acids is 1. The molecule has 0 aliphatic carbocycles. The molecule has 5 heteroatoms. The number of aromatic nitrogens is 2. The van der Waals surface area contributed by atoms with Crippen LogP contribution in [0.25, 0.3) is 23.1 Å². The molecule has 132 valence electrons. The summed E-state index contributed by atoms with van der Waals surface area (Å²) in [6, 6.07) is 16.0. The summed E-state index contributed by atoms with van der Waals surface area (Å²) in [5.41, 5.74) is 9.60. The van der Waals surface area contributed by atoms with E-state index in [2.05, 4.69) is 10.2 Å². The molecule has 0 saturated carbocycles. The molecule has 0 bridgehead atoms. The number of H-pyrrole nitrogens is 1. The first-order chi connectivity index (χ1) is 12.7. The third-order valence-corrected chi connectivity index (χ3v) is 4.92. The first-order valence-corrected chi connectivity index (χ1v) is 8.97. The summed E-state index contributed by atoms with van der Waals surface area (Å²) in [5.74, 6) is 0.0886. The first kappa shape index (κ1) is 16.5. The number of fused-ring (bicyclic) bond motifs is 1. The second-order valence-corrected chi connectivity index (χ2v) is 6.74. The number of amides is 1. The predicted molar refractivity (Wildman–Crippen MR) is 105 cm³/mol. The quantitative estimate of drug-likeness (QED) is 0.764. The van der Waals surface area contributed by atoms with E-state index in [0.29, 0.717) is 0 Å². The molecule has 1 saturated heterocycles. The average molecular weight is 346 g/mol. The van der Waals surface area contributed by atoms with E-state index in [1.165, 1.54) is 0 Å². The molecular formula is C21H22N4O. The number of aromatic amines is 1. The number of likely N-dealkylation sites (tertiary alicyclic amines) is 1. The molecule has 4 rings (SSSR count). The summed E-state index contributed by atoms with van der Waals surface area (Å²) in [5, 5.41) is 8.46. The van der Waals surface area contributed by atoms with Crippen LogP contribution in [-0.2, 0) is 0 Å². The highest BCUT2D eigenvalue weighted by Crippen LogP contribution is 2.18. The third kappa shape index (κ3) is 3.39. The normalized spacial score (nSPS) is 15.8. The molecule has 3 N–H and O–H groups in total. The molecule has 0 spiro atoms. The Bertz CT molecular complexity index is 934. The van der Waals surface area contributed by atoms with Crippen LogP contribution in [0.5, 0.6) is 0 Å². The molecule has 2 heterocycles. The van der Waals surface area contributed by atoms with Gasteiger partial charge in [-0.05, 0) is 42.7 Å². The van der Waals surface area contributed by atoms with Crippen LogP contribution in [0.15, 0.2) is 48.5 Å². The van der Waals surface area contributed by atoms with E-state index in [4.69, 9.17) is 5.73 Å². The Labute approximate surface area is 152 Å². The highest BCUT2D eigenvalue weighted by molar-refractivity contribution is 5.95. The maximum atomic E-state index is 12.6. The fourth-order valence-electron chi connectivity index (χ4n) is 3.31. The molecule has 1 aliphatic rings. The van der Waals surface area contributed by atoms with Crippen LogP contribution >= 0.6 is 0 Å². The number of hydrogen-bond donors (Lipinski definition) is 2. The number of piperidine rings is 1. The number of benzene rings is 2. The Morgan fingerprint density at radius 2 is 1.81 bits per heavy atom. The molecule has 0 atom stereocenters. The fourth-order valence-corrected chi connectivity index (χ4v) is 3.31. The lowest BCUT2D eigenvalue weighted by atomic mass is 10.0. The zero-order valence-corrected chi connectivity index (χ0v) is 14.6. The van der Waals surface area contributed by atoms with E-state index in [1.807, 2.05) is 65.6 Å². The van der Waals surface area contributed by atoms with Crippen molar-refractivity contribution < 1.29 is 4.79 Å². The zero-order chi connectivity index (χ0) is 17.9. The van der Waals surface area contributed by atoms with Gasteiger partial charge in [0.05, 0.1) is 11.2 Å². The summed E-state index contributed by atoms with van der Waals surface area (Å²) in [4.78, 5) is 14.5. The molecule has 1 aromatic heterocycles. The number of para-hydroxylation sites is 1. The summed E-state index contributed by atoms with van der Waals surface area (Å²) in [6.45, 7) is 1.49. The SMILES string of the molecule is NC1CCN(C(=O)c2ccc(/C=C/c3n[nH]c4ccccc34)cc2)CC1. The number of rotatable bonds is 3. The molecule has 1 aliphatic heterocycles. The Morgan fingerprint density at radius 3 is 2.58 bits per heavy atom. The van der Waals surface area contributed by atoms with Gasteiger partial charge in [-0.15, -0.1) is 0 Å². The monoisotopic (exact) mass is 346 g/mol. The predicted octanol–water partition coefficient (Wildman–Crippen LogP) is 3.30. The van der Waals surface area contributed by atoms with Crippen molar-refractivity contribution in [1.82, 2.24) is 15.1 Å². The molecule has 0 radical (unpaired) electrons. The van der Waals surface area contributed by atoms with Crippen LogP contribution < -0.4 is 5.73 Å². The van der Waals surface area contributed by atoms with E-state index >= 15 is 0 Å². The van der Waals surface area contributed by atoms with Crippen LogP contribution in [0.3, 0.4) is 0 Å². The lowest BCUT2D eigenvalue weighted by molar-refractivity contribution is 0.0715. The minimum atomic E-state index is 0.0886. The average Bonchev–Trinajstić information content (AvgIpc) is 3.10. The summed E-state index contributed by atoms with van der Waals surface area (Å²) >= 11 is 0. The van der Waals surface area contributed by atoms with Crippen molar-refractivity contribution in [3.05, 3.63) is 65.4 Å². The maximum absolute atomic E-state index is 12.6. The van der Waals surface area contributed by atoms with Crippen molar-refractivity contribution in [1.29, 1.82) is 0 Å². The van der Waals surface area contributed by atoms with Gasteiger partial charge in [0.15, 0.2) is 0 Å². The molecule has 1 fully saturated rings. The summed E-state index contributed by atoms with van der Waals surface area (Å²) in [6.07, 6.45) is 5.76. The van der Waals surface area contributed by atoms with Gasteiger partial charge in [0, 0.05) is 30.1 Å². The maximum Gasteiger partial charge on any atom is 0.253 e. The van der Waals surface area contributed by atoms with Gasteiger partial charge in [0.25, 0.3) is 5.91 Å². The molecule has 2 aromatic carbocycles. The van der Waals surface area contributed by atoms with Gasteiger partial charge >= 0.3 is 0 Å². The van der Waals surface area contributed by atoms with E-state index in [0.717, 1.165) is 53.7 Å². The van der Waals surface area contributed by atoms with E-state index < -0.39 is 0 Å². The Kier molecular flexibility index (Phi) is 4.54. The zero-order valence-electron chi connectivity index (χ0n) is 14.6. The van der Waals surface area contributed by atoms with Gasteiger partial charge < -0.3 is 10.6 Å². The Balaban J connectivity index is 1.46. The van der Waals surface area contributed by atoms with E-state index in [1.54, 1.807) is 0 Å². The van der Waals surface area contributed by atoms with Gasteiger partial charge in [-0.1, -0.05) is 36.4 Å². The molecule has 1 amide bonds.